The highest BCUT2D eigenvalue weighted by Gasteiger charge is 2.29. The minimum absolute atomic E-state index is 0.139. The lowest BCUT2D eigenvalue weighted by atomic mass is 10.2. The summed E-state index contributed by atoms with van der Waals surface area (Å²) in [5, 5.41) is -1.17. The van der Waals surface area contributed by atoms with Crippen molar-refractivity contribution in [1.29, 1.82) is 0 Å². The third kappa shape index (κ3) is 3.25. The monoisotopic (exact) mass is 364 g/mol. The van der Waals surface area contributed by atoms with Crippen molar-refractivity contribution in [2.45, 2.75) is 4.90 Å². The number of nitrogens with one attached hydrogen (secondary N) is 1. The molecule has 0 radical (unpaired) electrons. The van der Waals surface area contributed by atoms with E-state index in [9.17, 15) is 26.4 Å². The Morgan fingerprint density at radius 1 is 1.13 bits per heavy atom. The first kappa shape index (κ1) is 17.1. The molecule has 0 aliphatic carbocycles. The molecule has 0 saturated carbocycles. The number of carbonyl (C=O) groups is 1. The fourth-order valence-electron chi connectivity index (χ4n) is 1.78. The summed E-state index contributed by atoms with van der Waals surface area (Å²) in [6, 6.07) is 5.30. The highest BCUT2D eigenvalue weighted by Crippen LogP contribution is 2.29. The number of amides is 1. The smallest absolute Gasteiger partial charge is 0.267 e. The number of sulfonamides is 1. The predicted molar refractivity (Wildman–Crippen MR) is 77.1 cm³/mol. The Morgan fingerprint density at radius 3 is 2.35 bits per heavy atom. The van der Waals surface area contributed by atoms with Crippen molar-refractivity contribution in [2.24, 2.45) is 5.73 Å². The molecule has 5 nitrogen and oxygen atoms in total. The maximum absolute atomic E-state index is 13.9. The summed E-state index contributed by atoms with van der Waals surface area (Å²) in [5.41, 5.74) is 4.57. The number of para-hydroxylation sites is 1. The largest absolute Gasteiger partial charge is 0.366 e. The van der Waals surface area contributed by atoms with Gasteiger partial charge in [-0.25, -0.2) is 21.6 Å². The Morgan fingerprint density at radius 2 is 1.74 bits per heavy atom. The van der Waals surface area contributed by atoms with Crippen molar-refractivity contribution in [1.82, 2.24) is 0 Å². The van der Waals surface area contributed by atoms with Gasteiger partial charge in [-0.1, -0.05) is 23.7 Å². The van der Waals surface area contributed by atoms with Gasteiger partial charge >= 0.3 is 0 Å². The standard InChI is InChI=1S/C13H8ClF3N2O3S/c14-10-7(15)5-8(16)12(11(10)17)23(21,22)19-9-4-2-1-3-6(9)13(18)20/h1-5,19H,(H2,18,20). The van der Waals surface area contributed by atoms with Crippen LogP contribution in [0.25, 0.3) is 0 Å². The van der Waals surface area contributed by atoms with Crippen LogP contribution in [0, 0.1) is 17.5 Å². The number of hydrogen-bond acceptors (Lipinski definition) is 3. The molecule has 0 spiro atoms. The van der Waals surface area contributed by atoms with Crippen LogP contribution in [0.3, 0.4) is 0 Å². The first-order valence-corrected chi connectivity index (χ1v) is 7.76. The van der Waals surface area contributed by atoms with E-state index in [0.29, 0.717) is 0 Å². The van der Waals surface area contributed by atoms with Crippen LogP contribution < -0.4 is 10.5 Å². The SMILES string of the molecule is NC(=O)c1ccccc1NS(=O)(=O)c1c(F)cc(F)c(Cl)c1F. The number of carbonyl (C=O) groups excluding carboxylic acids is 1. The molecule has 3 N–H and O–H groups in total. The van der Waals surface area contributed by atoms with Crippen molar-refractivity contribution in [3.8, 4) is 0 Å². The van der Waals surface area contributed by atoms with Crippen LogP contribution in [0.15, 0.2) is 35.2 Å². The zero-order chi connectivity index (χ0) is 17.4. The fourth-order valence-corrected chi connectivity index (χ4v) is 3.21. The summed E-state index contributed by atoms with van der Waals surface area (Å²) >= 11 is 5.26. The molecule has 10 heteroatoms. The van der Waals surface area contributed by atoms with Gasteiger partial charge in [0.05, 0.1) is 11.3 Å². The number of rotatable bonds is 4. The molecule has 0 saturated heterocycles. The van der Waals surface area contributed by atoms with Crippen LogP contribution in [-0.2, 0) is 10.0 Å². The Kier molecular flexibility index (Phi) is 4.53. The van der Waals surface area contributed by atoms with Gasteiger partial charge in [-0.15, -0.1) is 0 Å². The topological polar surface area (TPSA) is 89.3 Å². The van der Waals surface area contributed by atoms with Crippen molar-refractivity contribution >= 4 is 33.2 Å². The molecule has 0 bridgehead atoms. The molecule has 23 heavy (non-hydrogen) atoms. The van der Waals surface area contributed by atoms with Crippen LogP contribution in [0.4, 0.5) is 18.9 Å². The van der Waals surface area contributed by atoms with Crippen LogP contribution in [0.1, 0.15) is 10.4 Å². The lowest BCUT2D eigenvalue weighted by molar-refractivity contribution is 0.100. The molecular weight excluding hydrogens is 357 g/mol. The third-order valence-electron chi connectivity index (χ3n) is 2.78. The molecule has 0 aliphatic rings. The second-order valence-electron chi connectivity index (χ2n) is 4.31. The van der Waals surface area contributed by atoms with E-state index in [1.54, 1.807) is 0 Å². The maximum atomic E-state index is 13.9. The van der Waals surface area contributed by atoms with Gasteiger partial charge in [0.1, 0.15) is 16.7 Å². The molecule has 2 aromatic rings. The summed E-state index contributed by atoms with van der Waals surface area (Å²) < 4.78 is 66.8. The Labute approximate surface area is 133 Å². The maximum Gasteiger partial charge on any atom is 0.267 e. The van der Waals surface area contributed by atoms with Crippen molar-refractivity contribution in [3.05, 3.63) is 58.4 Å². The van der Waals surface area contributed by atoms with Gasteiger partial charge in [0.25, 0.3) is 15.9 Å². The molecule has 0 aromatic heterocycles. The molecule has 1 amide bonds. The summed E-state index contributed by atoms with van der Waals surface area (Å²) in [4.78, 5) is 9.78. The molecular formula is C13H8ClF3N2O3S. The molecule has 0 heterocycles. The van der Waals surface area contributed by atoms with Gasteiger partial charge < -0.3 is 5.73 Å². The van der Waals surface area contributed by atoms with E-state index in [2.05, 4.69) is 0 Å². The van der Waals surface area contributed by atoms with E-state index in [1.165, 1.54) is 24.3 Å². The third-order valence-corrected chi connectivity index (χ3v) is 4.52. The highest BCUT2D eigenvalue weighted by molar-refractivity contribution is 7.92. The van der Waals surface area contributed by atoms with E-state index < -0.39 is 43.3 Å². The zero-order valence-electron chi connectivity index (χ0n) is 11.1. The van der Waals surface area contributed by atoms with E-state index in [1.807, 2.05) is 4.72 Å². The summed E-state index contributed by atoms with van der Waals surface area (Å²) in [7, 11) is -4.83. The first-order chi connectivity index (χ1) is 10.6. The molecule has 0 atom stereocenters. The zero-order valence-corrected chi connectivity index (χ0v) is 12.7. The van der Waals surface area contributed by atoms with Gasteiger partial charge in [-0.3, -0.25) is 9.52 Å². The van der Waals surface area contributed by atoms with E-state index >= 15 is 0 Å². The minimum atomic E-state index is -4.83. The number of nitrogens with two attached hydrogens (primary N) is 1. The van der Waals surface area contributed by atoms with Crippen LogP contribution in [0.5, 0.6) is 0 Å². The highest BCUT2D eigenvalue weighted by atomic mass is 35.5. The Hall–Kier alpha value is -2.26. The van der Waals surface area contributed by atoms with Crippen LogP contribution in [0.2, 0.25) is 5.02 Å². The number of hydrogen-bond donors (Lipinski definition) is 2. The molecule has 2 aromatic carbocycles. The average Bonchev–Trinajstić information content (AvgIpc) is 2.44. The lowest BCUT2D eigenvalue weighted by Crippen LogP contribution is -2.20. The Balaban J connectivity index is 2.58. The van der Waals surface area contributed by atoms with Gasteiger partial charge in [0.15, 0.2) is 10.7 Å². The number of primary amides is 1. The van der Waals surface area contributed by atoms with Gasteiger partial charge in [-0.05, 0) is 12.1 Å². The minimum Gasteiger partial charge on any atom is -0.366 e. The van der Waals surface area contributed by atoms with Crippen molar-refractivity contribution in [2.75, 3.05) is 4.72 Å². The quantitative estimate of drug-likeness (QED) is 0.645. The summed E-state index contributed by atoms with van der Waals surface area (Å²) in [5.74, 6) is -5.86. The number of anilines is 1. The molecule has 2 rings (SSSR count). The van der Waals surface area contributed by atoms with E-state index in [0.717, 1.165) is 0 Å². The number of benzene rings is 2. The predicted octanol–water partition coefficient (Wildman–Crippen LogP) is 2.66. The van der Waals surface area contributed by atoms with Crippen LogP contribution >= 0.6 is 11.6 Å². The van der Waals surface area contributed by atoms with E-state index in [-0.39, 0.29) is 17.3 Å². The second-order valence-corrected chi connectivity index (χ2v) is 6.31. The number of halogens is 4. The normalized spacial score (nSPS) is 11.3. The van der Waals surface area contributed by atoms with Crippen LogP contribution in [-0.4, -0.2) is 14.3 Å². The molecule has 0 aliphatic heterocycles. The van der Waals surface area contributed by atoms with Crippen molar-refractivity contribution < 1.29 is 26.4 Å². The van der Waals surface area contributed by atoms with Gasteiger partial charge in [0.2, 0.25) is 0 Å². The summed E-state index contributed by atoms with van der Waals surface area (Å²) in [6.07, 6.45) is 0. The van der Waals surface area contributed by atoms with Gasteiger partial charge in [-0.2, -0.15) is 0 Å². The Bertz CT molecular complexity index is 904. The summed E-state index contributed by atoms with van der Waals surface area (Å²) in [6.45, 7) is 0. The lowest BCUT2D eigenvalue weighted by Gasteiger charge is -2.12. The molecule has 122 valence electrons. The van der Waals surface area contributed by atoms with Gasteiger partial charge in [0, 0.05) is 6.07 Å². The molecule has 0 unspecified atom stereocenters. The molecule has 0 fully saturated rings. The first-order valence-electron chi connectivity index (χ1n) is 5.90. The second kappa shape index (κ2) is 6.09. The average molecular weight is 365 g/mol. The fraction of sp³-hybridized carbons (Fsp3) is 0. The van der Waals surface area contributed by atoms with E-state index in [4.69, 9.17) is 17.3 Å². The van der Waals surface area contributed by atoms with Crippen molar-refractivity contribution in [3.63, 3.8) is 0 Å².